The van der Waals surface area contributed by atoms with Crippen molar-refractivity contribution >= 4 is 33.3 Å². The second-order valence-corrected chi connectivity index (χ2v) is 9.04. The number of carboxylic acids is 1. The Kier molecular flexibility index (Phi) is 6.34. The highest BCUT2D eigenvalue weighted by molar-refractivity contribution is 7.92. The third-order valence-corrected chi connectivity index (χ3v) is 5.82. The second kappa shape index (κ2) is 8.77. The van der Waals surface area contributed by atoms with Crippen molar-refractivity contribution in [1.29, 1.82) is 0 Å². The Hall–Kier alpha value is -3.03. The zero-order valence-corrected chi connectivity index (χ0v) is 17.9. The zero-order chi connectivity index (χ0) is 21.9. The summed E-state index contributed by atoms with van der Waals surface area (Å²) in [6, 6.07) is 19.9. The van der Waals surface area contributed by atoms with Crippen LogP contribution in [0.4, 0.5) is 5.69 Å². The van der Waals surface area contributed by atoms with E-state index in [4.69, 9.17) is 21.4 Å². The van der Waals surface area contributed by atoms with Crippen molar-refractivity contribution < 1.29 is 23.1 Å². The maximum Gasteiger partial charge on any atom is 0.324 e. The van der Waals surface area contributed by atoms with E-state index in [1.54, 1.807) is 13.0 Å². The van der Waals surface area contributed by atoms with Gasteiger partial charge in [0.25, 0.3) is 0 Å². The molecule has 3 aromatic rings. The van der Waals surface area contributed by atoms with Gasteiger partial charge in [0.1, 0.15) is 18.0 Å². The van der Waals surface area contributed by atoms with Crippen molar-refractivity contribution in [2.45, 2.75) is 6.92 Å². The van der Waals surface area contributed by atoms with Crippen LogP contribution in [0.1, 0.15) is 5.56 Å². The Labute approximate surface area is 180 Å². The molecule has 156 valence electrons. The fourth-order valence-electron chi connectivity index (χ4n) is 2.99. The molecular formula is C22H20ClNO5S. The quantitative estimate of drug-likeness (QED) is 0.555. The molecule has 0 aliphatic carbocycles. The van der Waals surface area contributed by atoms with Gasteiger partial charge in [-0.15, -0.1) is 0 Å². The summed E-state index contributed by atoms with van der Waals surface area (Å²) < 4.78 is 30.8. The lowest BCUT2D eigenvalue weighted by molar-refractivity contribution is -0.135. The molecule has 0 aromatic heterocycles. The number of aryl methyl sites for hydroxylation is 1. The molecule has 1 N–H and O–H groups in total. The van der Waals surface area contributed by atoms with Gasteiger partial charge in [0.15, 0.2) is 0 Å². The van der Waals surface area contributed by atoms with Gasteiger partial charge in [0.05, 0.1) is 17.0 Å². The summed E-state index contributed by atoms with van der Waals surface area (Å²) in [5.74, 6) is 0.135. The lowest BCUT2D eigenvalue weighted by Gasteiger charge is -2.23. The normalized spacial score (nSPS) is 11.2. The zero-order valence-electron chi connectivity index (χ0n) is 16.4. The number of halogens is 1. The first-order valence-electron chi connectivity index (χ1n) is 8.98. The van der Waals surface area contributed by atoms with Crippen LogP contribution in [0.15, 0.2) is 66.7 Å². The predicted molar refractivity (Wildman–Crippen MR) is 118 cm³/mol. The molecule has 3 rings (SSSR count). The Bertz CT molecular complexity index is 1160. The Morgan fingerprint density at radius 1 is 1.03 bits per heavy atom. The lowest BCUT2D eigenvalue weighted by Crippen LogP contribution is -2.35. The van der Waals surface area contributed by atoms with E-state index >= 15 is 0 Å². The number of para-hydroxylation sites is 1. The van der Waals surface area contributed by atoms with Crippen LogP contribution in [0.5, 0.6) is 11.5 Å². The van der Waals surface area contributed by atoms with Crippen molar-refractivity contribution in [3.8, 4) is 22.6 Å². The summed E-state index contributed by atoms with van der Waals surface area (Å²) in [6.07, 6.45) is 0.961. The fraction of sp³-hybridized carbons (Fsp3) is 0.136. The highest BCUT2D eigenvalue weighted by atomic mass is 35.5. The van der Waals surface area contributed by atoms with Crippen LogP contribution in [0.3, 0.4) is 0 Å². The lowest BCUT2D eigenvalue weighted by atomic mass is 10.0. The molecule has 0 bridgehead atoms. The van der Waals surface area contributed by atoms with E-state index < -0.39 is 22.5 Å². The monoisotopic (exact) mass is 445 g/mol. The summed E-state index contributed by atoms with van der Waals surface area (Å²) in [4.78, 5) is 11.1. The molecule has 0 saturated heterocycles. The number of aliphatic carboxylic acids is 1. The summed E-state index contributed by atoms with van der Waals surface area (Å²) >= 11 is 6.44. The van der Waals surface area contributed by atoms with E-state index in [-0.39, 0.29) is 5.69 Å². The molecule has 6 nitrogen and oxygen atoms in total. The second-order valence-electron chi connectivity index (χ2n) is 6.72. The van der Waals surface area contributed by atoms with Gasteiger partial charge in [-0.2, -0.15) is 0 Å². The third kappa shape index (κ3) is 5.11. The number of nitrogens with zero attached hydrogens (tertiary/aromatic N) is 1. The van der Waals surface area contributed by atoms with Crippen molar-refractivity contribution in [2.24, 2.45) is 0 Å². The highest BCUT2D eigenvalue weighted by Crippen LogP contribution is 2.36. The Balaban J connectivity index is 1.92. The van der Waals surface area contributed by atoms with Crippen molar-refractivity contribution in [2.75, 3.05) is 17.1 Å². The predicted octanol–water partition coefficient (Wildman–Crippen LogP) is 4.96. The van der Waals surface area contributed by atoms with Gasteiger partial charge in [-0.3, -0.25) is 9.10 Å². The van der Waals surface area contributed by atoms with Gasteiger partial charge in [0, 0.05) is 5.56 Å². The van der Waals surface area contributed by atoms with Gasteiger partial charge < -0.3 is 9.84 Å². The Morgan fingerprint density at radius 2 is 1.63 bits per heavy atom. The minimum Gasteiger partial charge on any atom is -0.480 e. The van der Waals surface area contributed by atoms with Gasteiger partial charge in [-0.05, 0) is 54.4 Å². The molecule has 30 heavy (non-hydrogen) atoms. The van der Waals surface area contributed by atoms with E-state index in [0.29, 0.717) is 21.9 Å². The van der Waals surface area contributed by atoms with Gasteiger partial charge >= 0.3 is 5.97 Å². The SMILES string of the molecule is Cc1cc(-c2ccc(Oc3ccccc3)cc2)c(Cl)cc1N(CC(=O)O)S(C)(=O)=O. The molecule has 0 spiro atoms. The van der Waals surface area contributed by atoms with Crippen molar-refractivity contribution in [3.05, 3.63) is 77.3 Å². The van der Waals surface area contributed by atoms with Crippen LogP contribution in [0, 0.1) is 6.92 Å². The van der Waals surface area contributed by atoms with Gasteiger partial charge in [-0.25, -0.2) is 8.42 Å². The molecule has 0 aliphatic heterocycles. The van der Waals surface area contributed by atoms with Crippen LogP contribution in [-0.2, 0) is 14.8 Å². The average molecular weight is 446 g/mol. The number of anilines is 1. The maximum atomic E-state index is 12.1. The van der Waals surface area contributed by atoms with E-state index in [1.807, 2.05) is 54.6 Å². The molecule has 0 saturated carbocycles. The highest BCUT2D eigenvalue weighted by Gasteiger charge is 2.23. The topological polar surface area (TPSA) is 83.9 Å². The fourth-order valence-corrected chi connectivity index (χ4v) is 4.16. The van der Waals surface area contributed by atoms with Crippen molar-refractivity contribution in [3.63, 3.8) is 0 Å². The molecular weight excluding hydrogens is 426 g/mol. The number of hydrogen-bond acceptors (Lipinski definition) is 4. The molecule has 0 fully saturated rings. The molecule has 0 amide bonds. The first-order chi connectivity index (χ1) is 14.1. The molecule has 0 unspecified atom stereocenters. The summed E-state index contributed by atoms with van der Waals surface area (Å²) in [5.41, 5.74) is 2.34. The number of carbonyl (C=O) groups is 1. The first kappa shape index (κ1) is 21.7. The van der Waals surface area contributed by atoms with Crippen LogP contribution in [0.25, 0.3) is 11.1 Å². The maximum absolute atomic E-state index is 12.1. The summed E-state index contributed by atoms with van der Waals surface area (Å²) in [5, 5.41) is 9.39. The first-order valence-corrected chi connectivity index (χ1v) is 11.2. The van der Waals surface area contributed by atoms with Gasteiger partial charge in [0.2, 0.25) is 10.0 Å². The minimum atomic E-state index is -3.79. The number of ether oxygens (including phenoxy) is 1. The summed E-state index contributed by atoms with van der Waals surface area (Å²) in [7, 11) is -3.79. The summed E-state index contributed by atoms with van der Waals surface area (Å²) in [6.45, 7) is 1.03. The van der Waals surface area contributed by atoms with Crippen LogP contribution in [0.2, 0.25) is 5.02 Å². The van der Waals surface area contributed by atoms with E-state index in [2.05, 4.69) is 0 Å². The standard InChI is InChI=1S/C22H20ClNO5S/c1-15-12-19(20(23)13-21(15)24(14-22(25)26)30(2,27)28)16-8-10-18(11-9-16)29-17-6-4-3-5-7-17/h3-13H,14H2,1-2H3,(H,25,26). The largest absolute Gasteiger partial charge is 0.480 e. The number of carboxylic acid groups (broad SMARTS) is 1. The number of sulfonamides is 1. The van der Waals surface area contributed by atoms with Crippen LogP contribution in [-0.4, -0.2) is 32.3 Å². The average Bonchev–Trinajstić information content (AvgIpc) is 2.68. The number of hydrogen-bond donors (Lipinski definition) is 1. The third-order valence-electron chi connectivity index (χ3n) is 4.38. The molecule has 0 aliphatic rings. The van der Waals surface area contributed by atoms with Crippen LogP contribution >= 0.6 is 11.6 Å². The molecule has 0 radical (unpaired) electrons. The molecule has 0 atom stereocenters. The number of rotatable bonds is 7. The molecule has 3 aromatic carbocycles. The van der Waals surface area contributed by atoms with Gasteiger partial charge in [-0.1, -0.05) is 41.9 Å². The van der Waals surface area contributed by atoms with Crippen molar-refractivity contribution in [1.82, 2.24) is 0 Å². The smallest absolute Gasteiger partial charge is 0.324 e. The van der Waals surface area contributed by atoms with Crippen LogP contribution < -0.4 is 9.04 Å². The Morgan fingerprint density at radius 3 is 2.20 bits per heavy atom. The molecule has 8 heteroatoms. The van der Waals surface area contributed by atoms with E-state index in [9.17, 15) is 13.2 Å². The van der Waals surface area contributed by atoms with E-state index in [1.165, 1.54) is 6.07 Å². The number of benzene rings is 3. The molecule has 0 heterocycles. The van der Waals surface area contributed by atoms with E-state index in [0.717, 1.165) is 21.9 Å². The minimum absolute atomic E-state index is 0.234.